The van der Waals surface area contributed by atoms with Gasteiger partial charge in [-0.3, -0.25) is 4.79 Å². The maximum Gasteiger partial charge on any atom is 0.339 e. The molecule has 3 rings (SSSR count). The number of piperidine rings is 1. The fourth-order valence-corrected chi connectivity index (χ4v) is 5.18. The summed E-state index contributed by atoms with van der Waals surface area (Å²) in [4.78, 5) is 24.6. The first kappa shape index (κ1) is 23.5. The van der Waals surface area contributed by atoms with E-state index in [1.54, 1.807) is 0 Å². The zero-order chi connectivity index (χ0) is 22.8. The van der Waals surface area contributed by atoms with Gasteiger partial charge in [0.25, 0.3) is 5.91 Å². The molecule has 1 aliphatic rings. The van der Waals surface area contributed by atoms with Crippen LogP contribution in [0.15, 0.2) is 41.3 Å². The monoisotopic (exact) mass is 484 g/mol. The second-order valence-corrected chi connectivity index (χ2v) is 10.1. The van der Waals surface area contributed by atoms with Gasteiger partial charge in [0.1, 0.15) is 0 Å². The average molecular weight is 485 g/mol. The van der Waals surface area contributed by atoms with Gasteiger partial charge < -0.3 is 10.1 Å². The highest BCUT2D eigenvalue weighted by molar-refractivity contribution is 7.89. The third-order valence-electron chi connectivity index (χ3n) is 5.19. The van der Waals surface area contributed by atoms with Gasteiger partial charge in [-0.05, 0) is 55.2 Å². The number of esters is 1. The molecule has 0 spiro atoms. The van der Waals surface area contributed by atoms with Crippen LogP contribution >= 0.6 is 23.2 Å². The van der Waals surface area contributed by atoms with E-state index in [4.69, 9.17) is 23.2 Å². The van der Waals surface area contributed by atoms with Crippen LogP contribution in [0, 0.1) is 5.92 Å². The quantitative estimate of drug-likeness (QED) is 0.632. The van der Waals surface area contributed by atoms with Crippen LogP contribution in [0.2, 0.25) is 10.0 Å². The first-order chi connectivity index (χ1) is 14.6. The Morgan fingerprint density at radius 2 is 1.65 bits per heavy atom. The molecule has 0 radical (unpaired) electrons. The molecule has 2 aromatic carbocycles. The number of hydrogen-bond donors (Lipinski definition) is 1. The Balaban J connectivity index is 1.87. The lowest BCUT2D eigenvalue weighted by molar-refractivity contribution is 0.0600. The standard InChI is InChI=1S/C21H22Cl2N2O5S/c1-13-7-9-25(10-8-13)31(28,29)15-4-6-18(22)16(12-15)20(26)24-14-3-5-19(23)17(11-14)21(27)30-2/h3-6,11-13H,7-10H2,1-2H3,(H,24,26). The van der Waals surface area contributed by atoms with Crippen molar-refractivity contribution in [3.63, 3.8) is 0 Å². The molecule has 0 saturated carbocycles. The molecule has 1 saturated heterocycles. The van der Waals surface area contributed by atoms with Gasteiger partial charge in [-0.1, -0.05) is 30.1 Å². The summed E-state index contributed by atoms with van der Waals surface area (Å²) in [6.07, 6.45) is 1.58. The van der Waals surface area contributed by atoms with Crippen molar-refractivity contribution in [3.05, 3.63) is 57.6 Å². The highest BCUT2D eigenvalue weighted by Gasteiger charge is 2.29. The van der Waals surface area contributed by atoms with Crippen LogP contribution in [0.1, 0.15) is 40.5 Å². The lowest BCUT2D eigenvalue weighted by atomic mass is 10.0. The number of methoxy groups -OCH3 is 1. The zero-order valence-electron chi connectivity index (χ0n) is 17.0. The van der Waals surface area contributed by atoms with Crippen LogP contribution in [-0.4, -0.2) is 44.8 Å². The van der Waals surface area contributed by atoms with Crippen molar-refractivity contribution in [2.75, 3.05) is 25.5 Å². The van der Waals surface area contributed by atoms with Crippen LogP contribution in [0.4, 0.5) is 5.69 Å². The maximum absolute atomic E-state index is 13.0. The molecule has 7 nitrogen and oxygen atoms in total. The lowest BCUT2D eigenvalue weighted by Gasteiger charge is -2.29. The van der Waals surface area contributed by atoms with E-state index < -0.39 is 21.9 Å². The summed E-state index contributed by atoms with van der Waals surface area (Å²) < 4.78 is 32.1. The summed E-state index contributed by atoms with van der Waals surface area (Å²) >= 11 is 12.2. The molecule has 1 fully saturated rings. The summed E-state index contributed by atoms with van der Waals surface area (Å²) in [7, 11) is -2.52. The molecular weight excluding hydrogens is 463 g/mol. The Labute approximate surface area is 191 Å². The summed E-state index contributed by atoms with van der Waals surface area (Å²) in [6, 6.07) is 8.37. The third kappa shape index (κ3) is 5.20. The number of benzene rings is 2. The van der Waals surface area contributed by atoms with Crippen molar-refractivity contribution < 1.29 is 22.7 Å². The second-order valence-electron chi connectivity index (χ2n) is 7.37. The van der Waals surface area contributed by atoms with Gasteiger partial charge in [0, 0.05) is 18.8 Å². The van der Waals surface area contributed by atoms with Crippen LogP contribution in [-0.2, 0) is 14.8 Å². The molecule has 166 valence electrons. The van der Waals surface area contributed by atoms with Crippen molar-refractivity contribution in [1.29, 1.82) is 0 Å². The molecular formula is C21H22Cl2N2O5S. The van der Waals surface area contributed by atoms with Gasteiger partial charge >= 0.3 is 5.97 Å². The number of carbonyl (C=O) groups is 2. The number of nitrogens with zero attached hydrogens (tertiary/aromatic N) is 1. The predicted octanol–water partition coefficient (Wildman–Crippen LogP) is 4.45. The van der Waals surface area contributed by atoms with Crippen molar-refractivity contribution in [2.24, 2.45) is 5.92 Å². The number of carbonyl (C=O) groups excluding carboxylic acids is 2. The van der Waals surface area contributed by atoms with Crippen molar-refractivity contribution in [1.82, 2.24) is 4.31 Å². The van der Waals surface area contributed by atoms with E-state index in [2.05, 4.69) is 17.0 Å². The third-order valence-corrected chi connectivity index (χ3v) is 7.75. The molecule has 1 N–H and O–H groups in total. The Kier molecular flexibility index (Phi) is 7.26. The van der Waals surface area contributed by atoms with Crippen LogP contribution in [0.3, 0.4) is 0 Å². The first-order valence-electron chi connectivity index (χ1n) is 9.62. The van der Waals surface area contributed by atoms with Gasteiger partial charge in [-0.25, -0.2) is 13.2 Å². The molecule has 1 amide bonds. The van der Waals surface area contributed by atoms with Gasteiger partial charge in [0.15, 0.2) is 0 Å². The maximum atomic E-state index is 13.0. The number of rotatable bonds is 5. The number of amides is 1. The molecule has 0 aromatic heterocycles. The summed E-state index contributed by atoms with van der Waals surface area (Å²) in [5.41, 5.74) is 0.371. The normalized spacial score (nSPS) is 15.5. The molecule has 31 heavy (non-hydrogen) atoms. The van der Waals surface area contributed by atoms with Gasteiger partial charge in [0.05, 0.1) is 33.2 Å². The highest BCUT2D eigenvalue weighted by atomic mass is 35.5. The van der Waals surface area contributed by atoms with Crippen LogP contribution < -0.4 is 5.32 Å². The number of ether oxygens (including phenoxy) is 1. The minimum absolute atomic E-state index is 0.00249. The number of nitrogens with one attached hydrogen (secondary N) is 1. The summed E-state index contributed by atoms with van der Waals surface area (Å²) in [6.45, 7) is 2.97. The molecule has 0 bridgehead atoms. The zero-order valence-corrected chi connectivity index (χ0v) is 19.4. The first-order valence-corrected chi connectivity index (χ1v) is 11.8. The molecule has 0 atom stereocenters. The van der Waals surface area contributed by atoms with E-state index in [1.807, 2.05) is 0 Å². The predicted molar refractivity (Wildman–Crippen MR) is 119 cm³/mol. The molecule has 1 aliphatic heterocycles. The minimum atomic E-state index is -3.74. The minimum Gasteiger partial charge on any atom is -0.465 e. The van der Waals surface area contributed by atoms with Crippen molar-refractivity contribution >= 4 is 50.8 Å². The second kappa shape index (κ2) is 9.56. The average Bonchev–Trinajstić information content (AvgIpc) is 2.75. The fourth-order valence-electron chi connectivity index (χ4n) is 3.28. The number of hydrogen-bond acceptors (Lipinski definition) is 5. The van der Waals surface area contributed by atoms with Gasteiger partial charge in [-0.15, -0.1) is 0 Å². The van der Waals surface area contributed by atoms with E-state index in [-0.39, 0.29) is 31.8 Å². The molecule has 1 heterocycles. The Morgan fingerprint density at radius 3 is 2.29 bits per heavy atom. The molecule has 0 aliphatic carbocycles. The van der Waals surface area contributed by atoms with Crippen LogP contribution in [0.25, 0.3) is 0 Å². The number of halogens is 2. The highest BCUT2D eigenvalue weighted by Crippen LogP contribution is 2.28. The van der Waals surface area contributed by atoms with Gasteiger partial charge in [-0.2, -0.15) is 4.31 Å². The van der Waals surface area contributed by atoms with E-state index in [1.165, 1.54) is 47.8 Å². The summed E-state index contributed by atoms with van der Waals surface area (Å²) in [5.74, 6) is -0.789. The van der Waals surface area contributed by atoms with Gasteiger partial charge in [0.2, 0.25) is 10.0 Å². The van der Waals surface area contributed by atoms with E-state index >= 15 is 0 Å². The Bertz CT molecular complexity index is 1110. The Morgan fingerprint density at radius 1 is 1.03 bits per heavy atom. The largest absolute Gasteiger partial charge is 0.465 e. The molecule has 2 aromatic rings. The lowest BCUT2D eigenvalue weighted by Crippen LogP contribution is -2.37. The van der Waals surface area contributed by atoms with E-state index in [0.717, 1.165) is 12.8 Å². The van der Waals surface area contributed by atoms with Crippen molar-refractivity contribution in [3.8, 4) is 0 Å². The van der Waals surface area contributed by atoms with Crippen LogP contribution in [0.5, 0.6) is 0 Å². The SMILES string of the molecule is COC(=O)c1cc(NC(=O)c2cc(S(=O)(=O)N3CCC(C)CC3)ccc2Cl)ccc1Cl. The number of sulfonamides is 1. The van der Waals surface area contributed by atoms with E-state index in [9.17, 15) is 18.0 Å². The van der Waals surface area contributed by atoms with E-state index in [0.29, 0.717) is 19.0 Å². The fraction of sp³-hybridized carbons (Fsp3) is 0.333. The molecule has 0 unspecified atom stereocenters. The number of anilines is 1. The smallest absolute Gasteiger partial charge is 0.339 e. The summed E-state index contributed by atoms with van der Waals surface area (Å²) in [5, 5.41) is 2.89. The topological polar surface area (TPSA) is 92.8 Å². The molecule has 10 heteroatoms. The van der Waals surface area contributed by atoms with Crippen molar-refractivity contribution in [2.45, 2.75) is 24.7 Å². The Hall–Kier alpha value is -2.13.